The number of nitrogens with one attached hydrogen (secondary N) is 2. The standard InChI is InChI=1S/C14H27N3O3/c1-4-5-6-12(13(18)19)16-14(20)15-9-10(2)17(3)11-7-8-11/h10-12H,4-9H2,1-3H3,(H,18,19)(H2,15,16,20)/t10?,12-/m0/s1. The maximum atomic E-state index is 11.7. The molecule has 0 aromatic heterocycles. The van der Waals surface area contributed by atoms with Crippen molar-refractivity contribution in [1.82, 2.24) is 15.5 Å². The predicted octanol–water partition coefficient (Wildman–Crippen LogP) is 1.41. The van der Waals surface area contributed by atoms with Crippen molar-refractivity contribution in [2.45, 2.75) is 64.1 Å². The molecule has 1 fully saturated rings. The highest BCUT2D eigenvalue weighted by Gasteiger charge is 2.29. The van der Waals surface area contributed by atoms with Crippen LogP contribution < -0.4 is 10.6 Å². The van der Waals surface area contributed by atoms with E-state index in [1.165, 1.54) is 12.8 Å². The maximum absolute atomic E-state index is 11.7. The molecule has 20 heavy (non-hydrogen) atoms. The lowest BCUT2D eigenvalue weighted by molar-refractivity contribution is -0.139. The minimum Gasteiger partial charge on any atom is -0.480 e. The molecular formula is C14H27N3O3. The van der Waals surface area contributed by atoms with Gasteiger partial charge in [-0.2, -0.15) is 0 Å². The molecule has 3 N–H and O–H groups in total. The van der Waals surface area contributed by atoms with Gasteiger partial charge in [-0.15, -0.1) is 0 Å². The molecule has 0 saturated heterocycles. The van der Waals surface area contributed by atoms with Crippen LogP contribution in [-0.2, 0) is 4.79 Å². The second-order valence-corrected chi connectivity index (χ2v) is 5.63. The first-order valence-electron chi connectivity index (χ1n) is 7.44. The number of unbranched alkanes of at least 4 members (excludes halogenated alkanes) is 1. The third-order valence-electron chi connectivity index (χ3n) is 3.83. The summed E-state index contributed by atoms with van der Waals surface area (Å²) in [5, 5.41) is 14.3. The van der Waals surface area contributed by atoms with E-state index >= 15 is 0 Å². The molecule has 2 atom stereocenters. The second kappa shape index (κ2) is 8.09. The van der Waals surface area contributed by atoms with Crippen molar-refractivity contribution in [3.05, 3.63) is 0 Å². The molecule has 1 rings (SSSR count). The van der Waals surface area contributed by atoms with Gasteiger partial charge in [-0.25, -0.2) is 9.59 Å². The largest absolute Gasteiger partial charge is 0.480 e. The van der Waals surface area contributed by atoms with Crippen molar-refractivity contribution in [3.63, 3.8) is 0 Å². The Morgan fingerprint density at radius 1 is 1.40 bits per heavy atom. The molecule has 0 spiro atoms. The van der Waals surface area contributed by atoms with Crippen LogP contribution in [0.25, 0.3) is 0 Å². The van der Waals surface area contributed by atoms with Crippen LogP contribution in [0.2, 0.25) is 0 Å². The lowest BCUT2D eigenvalue weighted by Crippen LogP contribution is -2.49. The number of carbonyl (C=O) groups excluding carboxylic acids is 1. The number of urea groups is 1. The molecule has 1 aliphatic rings. The number of hydrogen-bond donors (Lipinski definition) is 3. The summed E-state index contributed by atoms with van der Waals surface area (Å²) in [6, 6.07) is -0.297. The summed E-state index contributed by atoms with van der Waals surface area (Å²) in [5.74, 6) is -0.975. The van der Waals surface area contributed by atoms with Gasteiger partial charge in [0.25, 0.3) is 0 Å². The van der Waals surface area contributed by atoms with Crippen LogP contribution in [0.15, 0.2) is 0 Å². The quantitative estimate of drug-likeness (QED) is 0.598. The van der Waals surface area contributed by atoms with Gasteiger partial charge in [0.2, 0.25) is 0 Å². The summed E-state index contributed by atoms with van der Waals surface area (Å²) in [6.45, 7) is 4.58. The van der Waals surface area contributed by atoms with Gasteiger partial charge in [-0.05, 0) is 33.2 Å². The molecule has 116 valence electrons. The minimum atomic E-state index is -0.975. The van der Waals surface area contributed by atoms with Crippen molar-refractivity contribution in [2.24, 2.45) is 0 Å². The van der Waals surface area contributed by atoms with Crippen molar-refractivity contribution in [3.8, 4) is 0 Å². The van der Waals surface area contributed by atoms with Gasteiger partial charge >= 0.3 is 12.0 Å². The fourth-order valence-electron chi connectivity index (χ4n) is 2.10. The fourth-order valence-corrected chi connectivity index (χ4v) is 2.10. The van der Waals surface area contributed by atoms with E-state index < -0.39 is 18.0 Å². The zero-order valence-corrected chi connectivity index (χ0v) is 12.7. The van der Waals surface area contributed by atoms with Crippen LogP contribution in [0.5, 0.6) is 0 Å². The van der Waals surface area contributed by atoms with Crippen molar-refractivity contribution < 1.29 is 14.7 Å². The number of likely N-dealkylation sites (N-methyl/N-ethyl adjacent to an activating group) is 1. The van der Waals surface area contributed by atoms with Gasteiger partial charge in [0.15, 0.2) is 0 Å². The molecule has 0 aliphatic heterocycles. The van der Waals surface area contributed by atoms with Crippen LogP contribution in [0.1, 0.15) is 46.0 Å². The third kappa shape index (κ3) is 5.77. The van der Waals surface area contributed by atoms with E-state index in [9.17, 15) is 9.59 Å². The molecule has 0 aromatic carbocycles. The number of rotatable bonds is 9. The molecule has 0 radical (unpaired) electrons. The van der Waals surface area contributed by atoms with Crippen molar-refractivity contribution in [1.29, 1.82) is 0 Å². The van der Waals surface area contributed by atoms with E-state index in [2.05, 4.69) is 29.5 Å². The Balaban J connectivity index is 2.27. The molecule has 0 heterocycles. The van der Waals surface area contributed by atoms with Crippen LogP contribution >= 0.6 is 0 Å². The molecule has 1 aliphatic carbocycles. The smallest absolute Gasteiger partial charge is 0.326 e. The van der Waals surface area contributed by atoms with E-state index in [0.717, 1.165) is 12.8 Å². The number of nitrogens with zero attached hydrogens (tertiary/aromatic N) is 1. The highest BCUT2D eigenvalue weighted by molar-refractivity contribution is 5.82. The first-order valence-corrected chi connectivity index (χ1v) is 7.44. The number of carbonyl (C=O) groups is 2. The van der Waals surface area contributed by atoms with Crippen LogP contribution in [0.3, 0.4) is 0 Å². The number of amides is 2. The van der Waals surface area contributed by atoms with Crippen LogP contribution in [-0.4, -0.2) is 53.7 Å². The molecule has 1 unspecified atom stereocenters. The average Bonchev–Trinajstić information content (AvgIpc) is 3.23. The second-order valence-electron chi connectivity index (χ2n) is 5.63. The average molecular weight is 285 g/mol. The molecular weight excluding hydrogens is 258 g/mol. The molecule has 0 bridgehead atoms. The number of carboxylic acid groups (broad SMARTS) is 1. The normalized spacial score (nSPS) is 17.6. The van der Waals surface area contributed by atoms with E-state index in [0.29, 0.717) is 19.0 Å². The summed E-state index contributed by atoms with van der Waals surface area (Å²) in [6.07, 6.45) is 4.63. The van der Waals surface area contributed by atoms with Crippen molar-refractivity contribution >= 4 is 12.0 Å². The molecule has 6 heteroatoms. The number of carboxylic acids is 1. The summed E-state index contributed by atoms with van der Waals surface area (Å²) >= 11 is 0. The summed E-state index contributed by atoms with van der Waals surface area (Å²) in [4.78, 5) is 25.0. The SMILES string of the molecule is CCCC[C@H](NC(=O)NCC(C)N(C)C1CC1)C(=O)O. The predicted molar refractivity (Wildman–Crippen MR) is 77.7 cm³/mol. The van der Waals surface area contributed by atoms with Gasteiger partial charge in [-0.1, -0.05) is 19.8 Å². The topological polar surface area (TPSA) is 81.7 Å². The first-order chi connectivity index (χ1) is 9.45. The van der Waals surface area contributed by atoms with Crippen LogP contribution in [0.4, 0.5) is 4.79 Å². The van der Waals surface area contributed by atoms with Crippen LogP contribution in [0, 0.1) is 0 Å². The van der Waals surface area contributed by atoms with Gasteiger partial charge in [0.1, 0.15) is 6.04 Å². The monoisotopic (exact) mass is 285 g/mol. The Kier molecular flexibility index (Phi) is 6.78. The Hall–Kier alpha value is -1.30. The highest BCUT2D eigenvalue weighted by atomic mass is 16.4. The summed E-state index contributed by atoms with van der Waals surface area (Å²) in [5.41, 5.74) is 0. The van der Waals surface area contributed by atoms with Gasteiger partial charge < -0.3 is 15.7 Å². The van der Waals surface area contributed by atoms with E-state index in [4.69, 9.17) is 5.11 Å². The number of hydrogen-bond acceptors (Lipinski definition) is 3. The Morgan fingerprint density at radius 2 is 2.05 bits per heavy atom. The lowest BCUT2D eigenvalue weighted by Gasteiger charge is -2.25. The summed E-state index contributed by atoms with van der Waals surface area (Å²) < 4.78 is 0. The molecule has 0 aromatic rings. The molecule has 1 saturated carbocycles. The van der Waals surface area contributed by atoms with E-state index in [1.54, 1.807) is 0 Å². The van der Waals surface area contributed by atoms with E-state index in [1.807, 2.05) is 6.92 Å². The Morgan fingerprint density at radius 3 is 2.55 bits per heavy atom. The zero-order chi connectivity index (χ0) is 15.1. The summed E-state index contributed by atoms with van der Waals surface area (Å²) in [7, 11) is 2.06. The Labute approximate surface area is 120 Å². The molecule has 2 amide bonds. The van der Waals surface area contributed by atoms with Gasteiger partial charge in [0, 0.05) is 18.6 Å². The first kappa shape index (κ1) is 16.8. The maximum Gasteiger partial charge on any atom is 0.326 e. The van der Waals surface area contributed by atoms with Gasteiger partial charge in [0.05, 0.1) is 0 Å². The van der Waals surface area contributed by atoms with E-state index in [-0.39, 0.29) is 6.04 Å². The highest BCUT2D eigenvalue weighted by Crippen LogP contribution is 2.26. The van der Waals surface area contributed by atoms with Gasteiger partial charge in [-0.3, -0.25) is 4.90 Å². The fraction of sp³-hybridized carbons (Fsp3) is 0.857. The third-order valence-corrected chi connectivity index (χ3v) is 3.83. The Bertz CT molecular complexity index is 332. The number of aliphatic carboxylic acids is 1. The van der Waals surface area contributed by atoms with Crippen molar-refractivity contribution in [2.75, 3.05) is 13.6 Å². The zero-order valence-electron chi connectivity index (χ0n) is 12.7. The molecule has 6 nitrogen and oxygen atoms in total. The lowest BCUT2D eigenvalue weighted by atomic mass is 10.1. The minimum absolute atomic E-state index is 0.257.